The lowest BCUT2D eigenvalue weighted by Crippen LogP contribution is -2.19. The fourth-order valence-corrected chi connectivity index (χ4v) is 3.05. The summed E-state index contributed by atoms with van der Waals surface area (Å²) in [6, 6.07) is 7.45. The summed E-state index contributed by atoms with van der Waals surface area (Å²) in [7, 11) is 0. The maximum absolute atomic E-state index is 12.0. The van der Waals surface area contributed by atoms with Crippen LogP contribution >= 0.6 is 11.3 Å². The molecule has 128 valence electrons. The topological polar surface area (TPSA) is 64.6 Å². The van der Waals surface area contributed by atoms with E-state index in [0.717, 1.165) is 11.1 Å². The highest BCUT2D eigenvalue weighted by Gasteiger charge is 2.16. The minimum absolute atomic E-state index is 0.0891. The summed E-state index contributed by atoms with van der Waals surface area (Å²) in [5.74, 6) is 0.0135. The van der Waals surface area contributed by atoms with Crippen LogP contribution in [-0.4, -0.2) is 25.1 Å². The van der Waals surface area contributed by atoms with Crippen LogP contribution in [0.25, 0.3) is 0 Å². The molecule has 0 aliphatic rings. The molecule has 0 fully saturated rings. The van der Waals surface area contributed by atoms with Gasteiger partial charge < -0.3 is 14.8 Å². The SMILES string of the molecule is CCOC(=O)c1sc(NC(=O)COc2ccc(C)c(C)c2)cc1C. The third-order valence-electron chi connectivity index (χ3n) is 3.49. The van der Waals surface area contributed by atoms with Gasteiger partial charge in [-0.3, -0.25) is 4.79 Å². The molecule has 1 aromatic heterocycles. The number of rotatable bonds is 6. The quantitative estimate of drug-likeness (QED) is 0.806. The van der Waals surface area contributed by atoms with Crippen molar-refractivity contribution in [2.24, 2.45) is 0 Å². The molecule has 0 unspecified atom stereocenters. The Hall–Kier alpha value is -2.34. The van der Waals surface area contributed by atoms with E-state index in [2.05, 4.69) is 5.32 Å². The minimum atomic E-state index is -0.369. The average Bonchev–Trinajstić information content (AvgIpc) is 2.89. The van der Waals surface area contributed by atoms with Crippen molar-refractivity contribution in [3.8, 4) is 5.75 Å². The highest BCUT2D eigenvalue weighted by Crippen LogP contribution is 2.27. The Labute approximate surface area is 145 Å². The number of carbonyl (C=O) groups is 2. The van der Waals surface area contributed by atoms with E-state index in [1.807, 2.05) is 39.0 Å². The van der Waals surface area contributed by atoms with Gasteiger partial charge >= 0.3 is 5.97 Å². The molecule has 2 aromatic rings. The molecule has 1 N–H and O–H groups in total. The lowest BCUT2D eigenvalue weighted by molar-refractivity contribution is -0.118. The minimum Gasteiger partial charge on any atom is -0.484 e. The molecule has 5 nitrogen and oxygen atoms in total. The van der Waals surface area contributed by atoms with Crippen LogP contribution in [0.15, 0.2) is 24.3 Å². The van der Waals surface area contributed by atoms with Crippen molar-refractivity contribution in [2.45, 2.75) is 27.7 Å². The fraction of sp³-hybridized carbons (Fsp3) is 0.333. The van der Waals surface area contributed by atoms with Gasteiger partial charge in [-0.15, -0.1) is 11.3 Å². The summed E-state index contributed by atoms with van der Waals surface area (Å²) in [6.45, 7) is 7.81. The zero-order valence-corrected chi connectivity index (χ0v) is 15.1. The van der Waals surface area contributed by atoms with Gasteiger partial charge in [-0.25, -0.2) is 4.79 Å². The van der Waals surface area contributed by atoms with E-state index in [1.54, 1.807) is 13.0 Å². The van der Waals surface area contributed by atoms with E-state index >= 15 is 0 Å². The molecular formula is C18H21NO4S. The molecule has 0 saturated heterocycles. The second-order valence-corrected chi connectivity index (χ2v) is 6.48. The number of amides is 1. The van der Waals surface area contributed by atoms with Crippen molar-refractivity contribution >= 4 is 28.2 Å². The van der Waals surface area contributed by atoms with Crippen LogP contribution < -0.4 is 10.1 Å². The van der Waals surface area contributed by atoms with E-state index in [4.69, 9.17) is 9.47 Å². The highest BCUT2D eigenvalue weighted by molar-refractivity contribution is 7.18. The Morgan fingerprint density at radius 3 is 2.50 bits per heavy atom. The van der Waals surface area contributed by atoms with Crippen LogP contribution in [-0.2, 0) is 9.53 Å². The lowest BCUT2D eigenvalue weighted by Gasteiger charge is -2.08. The van der Waals surface area contributed by atoms with E-state index in [0.29, 0.717) is 22.2 Å². The monoisotopic (exact) mass is 347 g/mol. The molecule has 0 aliphatic heterocycles. The van der Waals surface area contributed by atoms with E-state index in [-0.39, 0.29) is 18.5 Å². The number of nitrogens with one attached hydrogen (secondary N) is 1. The molecule has 0 atom stereocenters. The van der Waals surface area contributed by atoms with E-state index in [9.17, 15) is 9.59 Å². The molecule has 1 heterocycles. The average molecular weight is 347 g/mol. The zero-order chi connectivity index (χ0) is 17.7. The first kappa shape index (κ1) is 18.0. The summed E-state index contributed by atoms with van der Waals surface area (Å²) < 4.78 is 10.5. The lowest BCUT2D eigenvalue weighted by atomic mass is 10.1. The van der Waals surface area contributed by atoms with Crippen molar-refractivity contribution in [3.05, 3.63) is 45.8 Å². The number of esters is 1. The largest absolute Gasteiger partial charge is 0.484 e. The molecular weight excluding hydrogens is 326 g/mol. The van der Waals surface area contributed by atoms with Crippen LogP contribution in [0.5, 0.6) is 5.75 Å². The summed E-state index contributed by atoms with van der Waals surface area (Å²) >= 11 is 1.20. The first-order chi connectivity index (χ1) is 11.4. The maximum Gasteiger partial charge on any atom is 0.348 e. The van der Waals surface area contributed by atoms with Crippen molar-refractivity contribution in [1.29, 1.82) is 0 Å². The second kappa shape index (κ2) is 7.97. The fourth-order valence-electron chi connectivity index (χ4n) is 2.07. The van der Waals surface area contributed by atoms with Gasteiger partial charge in [-0.2, -0.15) is 0 Å². The van der Waals surface area contributed by atoms with E-state index < -0.39 is 0 Å². The first-order valence-corrected chi connectivity index (χ1v) is 8.49. The summed E-state index contributed by atoms with van der Waals surface area (Å²) in [4.78, 5) is 24.3. The molecule has 0 spiro atoms. The summed E-state index contributed by atoms with van der Waals surface area (Å²) in [5, 5.41) is 3.34. The number of hydrogen-bond acceptors (Lipinski definition) is 5. The van der Waals surface area contributed by atoms with Gasteiger partial charge in [-0.1, -0.05) is 6.07 Å². The number of benzene rings is 1. The van der Waals surface area contributed by atoms with Crippen LogP contribution in [0.4, 0.5) is 5.00 Å². The van der Waals surface area contributed by atoms with Crippen molar-refractivity contribution < 1.29 is 19.1 Å². The number of anilines is 1. The summed E-state index contributed by atoms with van der Waals surface area (Å²) in [6.07, 6.45) is 0. The van der Waals surface area contributed by atoms with Crippen LogP contribution in [0.1, 0.15) is 33.3 Å². The number of ether oxygens (including phenoxy) is 2. The molecule has 6 heteroatoms. The standard InChI is InChI=1S/C18H21NO4S/c1-5-22-18(21)17-13(4)9-16(24-17)19-15(20)10-23-14-7-6-11(2)12(3)8-14/h6-9H,5,10H2,1-4H3,(H,19,20). The molecule has 24 heavy (non-hydrogen) atoms. The smallest absolute Gasteiger partial charge is 0.348 e. The van der Waals surface area contributed by atoms with Crippen LogP contribution in [0, 0.1) is 20.8 Å². The molecule has 0 saturated carbocycles. The van der Waals surface area contributed by atoms with Gasteiger partial charge in [0.1, 0.15) is 10.6 Å². The number of thiophene rings is 1. The van der Waals surface area contributed by atoms with Gasteiger partial charge in [0.15, 0.2) is 6.61 Å². The Morgan fingerprint density at radius 1 is 1.08 bits per heavy atom. The van der Waals surface area contributed by atoms with Crippen LogP contribution in [0.2, 0.25) is 0 Å². The number of aryl methyl sites for hydroxylation is 3. The predicted molar refractivity (Wildman–Crippen MR) is 95.1 cm³/mol. The van der Waals surface area contributed by atoms with Gasteiger partial charge in [0.25, 0.3) is 5.91 Å². The maximum atomic E-state index is 12.0. The first-order valence-electron chi connectivity index (χ1n) is 7.68. The van der Waals surface area contributed by atoms with Crippen LogP contribution in [0.3, 0.4) is 0 Å². The Kier molecular flexibility index (Phi) is 5.98. The van der Waals surface area contributed by atoms with Crippen molar-refractivity contribution in [1.82, 2.24) is 0 Å². The highest BCUT2D eigenvalue weighted by atomic mass is 32.1. The number of carbonyl (C=O) groups excluding carboxylic acids is 2. The summed E-state index contributed by atoms with van der Waals surface area (Å²) in [5.41, 5.74) is 3.07. The molecule has 2 rings (SSSR count). The van der Waals surface area contributed by atoms with Gasteiger partial charge in [0.2, 0.25) is 0 Å². The molecule has 1 amide bonds. The molecule has 0 bridgehead atoms. The third-order valence-corrected chi connectivity index (χ3v) is 4.62. The second-order valence-electron chi connectivity index (χ2n) is 5.43. The number of hydrogen-bond donors (Lipinski definition) is 1. The third kappa shape index (κ3) is 4.58. The molecule has 0 aliphatic carbocycles. The molecule has 0 radical (unpaired) electrons. The van der Waals surface area contributed by atoms with Gasteiger partial charge in [0, 0.05) is 0 Å². The predicted octanol–water partition coefficient (Wildman–Crippen LogP) is 3.87. The van der Waals surface area contributed by atoms with Gasteiger partial charge in [-0.05, 0) is 62.6 Å². The van der Waals surface area contributed by atoms with Crippen molar-refractivity contribution in [3.63, 3.8) is 0 Å². The molecule has 1 aromatic carbocycles. The Morgan fingerprint density at radius 2 is 1.83 bits per heavy atom. The Balaban J connectivity index is 1.93. The van der Waals surface area contributed by atoms with Gasteiger partial charge in [0.05, 0.1) is 11.6 Å². The Bertz CT molecular complexity index is 751. The normalized spacial score (nSPS) is 10.3. The zero-order valence-electron chi connectivity index (χ0n) is 14.3. The van der Waals surface area contributed by atoms with Crippen molar-refractivity contribution in [2.75, 3.05) is 18.5 Å². The van der Waals surface area contributed by atoms with E-state index in [1.165, 1.54) is 16.9 Å².